The molecule has 196 valence electrons. The number of aryl methyl sites for hydroxylation is 2. The number of hydrogen-bond donors (Lipinski definition) is 1. The Hall–Kier alpha value is -4.63. The van der Waals surface area contributed by atoms with Gasteiger partial charge in [0.1, 0.15) is 5.70 Å². The molecule has 0 atom stereocenters. The SMILES string of the molecule is Cc1ccc(CN2C(=O)N/C(=C/c3cc(C)n(-c4ccc(Sc5ccc([N+](=O)[O-])cc5)cc4)c3C)C2=O)cc1. The lowest BCUT2D eigenvalue weighted by Crippen LogP contribution is -2.30. The second kappa shape index (κ2) is 10.6. The molecule has 0 radical (unpaired) electrons. The first-order valence-electron chi connectivity index (χ1n) is 12.3. The molecular weight excluding hydrogens is 512 g/mol. The number of carbonyl (C=O) groups is 2. The zero-order chi connectivity index (χ0) is 27.7. The molecule has 3 aromatic carbocycles. The van der Waals surface area contributed by atoms with Gasteiger partial charge in [0.2, 0.25) is 0 Å². The van der Waals surface area contributed by atoms with Crippen LogP contribution in [-0.4, -0.2) is 26.3 Å². The minimum atomic E-state index is -0.429. The molecule has 0 spiro atoms. The van der Waals surface area contributed by atoms with E-state index in [2.05, 4.69) is 9.88 Å². The van der Waals surface area contributed by atoms with Crippen LogP contribution in [-0.2, 0) is 11.3 Å². The van der Waals surface area contributed by atoms with Gasteiger partial charge in [0.05, 0.1) is 11.5 Å². The highest BCUT2D eigenvalue weighted by Gasteiger charge is 2.33. The molecule has 4 aromatic rings. The van der Waals surface area contributed by atoms with Crippen LogP contribution in [0.5, 0.6) is 0 Å². The molecule has 1 saturated heterocycles. The van der Waals surface area contributed by atoms with Crippen LogP contribution in [0.2, 0.25) is 0 Å². The molecule has 5 rings (SSSR count). The standard InChI is InChI=1S/C30H26N4O4S/c1-19-4-6-22(7-5-19)18-32-29(35)28(31-30(32)36)17-23-16-20(2)33(21(23)3)24-8-12-26(13-9-24)39-27-14-10-25(11-15-27)34(37)38/h4-17H,18H2,1-3H3,(H,31,36)/b28-17+. The molecule has 1 aromatic heterocycles. The molecule has 39 heavy (non-hydrogen) atoms. The highest BCUT2D eigenvalue weighted by atomic mass is 32.2. The summed E-state index contributed by atoms with van der Waals surface area (Å²) in [6.07, 6.45) is 1.73. The van der Waals surface area contributed by atoms with Gasteiger partial charge in [0, 0.05) is 39.0 Å². The molecule has 2 heterocycles. The Kier molecular flexibility index (Phi) is 7.08. The Labute approximate surface area is 230 Å². The Morgan fingerprint density at radius 3 is 2.13 bits per heavy atom. The number of urea groups is 1. The predicted molar refractivity (Wildman–Crippen MR) is 151 cm³/mol. The Balaban J connectivity index is 1.33. The summed E-state index contributed by atoms with van der Waals surface area (Å²) >= 11 is 1.52. The lowest BCUT2D eigenvalue weighted by Gasteiger charge is -2.12. The summed E-state index contributed by atoms with van der Waals surface area (Å²) in [5.41, 5.74) is 6.06. The molecule has 1 aliphatic rings. The fourth-order valence-corrected chi connectivity index (χ4v) is 5.33. The van der Waals surface area contributed by atoms with Gasteiger partial charge in [-0.2, -0.15) is 0 Å². The number of carbonyl (C=O) groups excluding carboxylic acids is 2. The summed E-state index contributed by atoms with van der Waals surface area (Å²) in [5.74, 6) is -0.349. The summed E-state index contributed by atoms with van der Waals surface area (Å²) in [6.45, 7) is 6.17. The molecule has 0 unspecified atom stereocenters. The highest BCUT2D eigenvalue weighted by molar-refractivity contribution is 7.99. The van der Waals surface area contributed by atoms with Crippen molar-refractivity contribution in [2.45, 2.75) is 37.1 Å². The normalized spacial score (nSPS) is 14.2. The lowest BCUT2D eigenvalue weighted by atomic mass is 10.1. The van der Waals surface area contributed by atoms with Crippen LogP contribution in [0, 0.1) is 30.9 Å². The van der Waals surface area contributed by atoms with Gasteiger partial charge in [-0.3, -0.25) is 19.8 Å². The van der Waals surface area contributed by atoms with Gasteiger partial charge in [-0.15, -0.1) is 0 Å². The zero-order valence-corrected chi connectivity index (χ0v) is 22.5. The van der Waals surface area contributed by atoms with E-state index in [0.717, 1.165) is 43.6 Å². The van der Waals surface area contributed by atoms with Gasteiger partial charge in [-0.05, 0) is 80.4 Å². The number of nitrogens with zero attached hydrogens (tertiary/aromatic N) is 3. The number of nitro benzene ring substituents is 1. The van der Waals surface area contributed by atoms with Crippen LogP contribution >= 0.6 is 11.8 Å². The van der Waals surface area contributed by atoms with E-state index in [4.69, 9.17) is 0 Å². The van der Waals surface area contributed by atoms with Gasteiger partial charge in [-0.1, -0.05) is 41.6 Å². The van der Waals surface area contributed by atoms with E-state index in [0.29, 0.717) is 0 Å². The third kappa shape index (κ3) is 5.49. The van der Waals surface area contributed by atoms with Crippen molar-refractivity contribution in [2.24, 2.45) is 0 Å². The minimum absolute atomic E-state index is 0.0665. The largest absolute Gasteiger partial charge is 0.329 e. The smallest absolute Gasteiger partial charge is 0.318 e. The van der Waals surface area contributed by atoms with Crippen molar-refractivity contribution in [3.8, 4) is 5.69 Å². The van der Waals surface area contributed by atoms with Crippen LogP contribution in [0.25, 0.3) is 11.8 Å². The first-order chi connectivity index (χ1) is 18.7. The molecule has 0 bridgehead atoms. The number of amides is 3. The summed E-state index contributed by atoms with van der Waals surface area (Å²) in [7, 11) is 0. The average molecular weight is 539 g/mol. The number of aromatic nitrogens is 1. The quantitative estimate of drug-likeness (QED) is 0.124. The number of benzene rings is 3. The van der Waals surface area contributed by atoms with Gasteiger partial charge < -0.3 is 9.88 Å². The van der Waals surface area contributed by atoms with Gasteiger partial charge in [-0.25, -0.2) is 4.79 Å². The number of non-ortho nitro benzene ring substituents is 1. The first kappa shape index (κ1) is 26.0. The van der Waals surface area contributed by atoms with Crippen molar-refractivity contribution in [1.82, 2.24) is 14.8 Å². The summed E-state index contributed by atoms with van der Waals surface area (Å²) in [5, 5.41) is 13.6. The number of nitrogens with one attached hydrogen (secondary N) is 1. The Bertz CT molecular complexity index is 1600. The predicted octanol–water partition coefficient (Wildman–Crippen LogP) is 6.55. The Morgan fingerprint density at radius 1 is 0.897 bits per heavy atom. The maximum absolute atomic E-state index is 13.0. The molecule has 1 aliphatic heterocycles. The number of imide groups is 1. The maximum Gasteiger partial charge on any atom is 0.329 e. The maximum atomic E-state index is 13.0. The van der Waals surface area contributed by atoms with Crippen LogP contribution in [0.3, 0.4) is 0 Å². The second-order valence-electron chi connectivity index (χ2n) is 9.37. The van der Waals surface area contributed by atoms with E-state index in [9.17, 15) is 19.7 Å². The molecule has 0 aliphatic carbocycles. The van der Waals surface area contributed by atoms with Crippen LogP contribution in [0.15, 0.2) is 94.4 Å². The first-order valence-corrected chi connectivity index (χ1v) is 13.1. The fourth-order valence-electron chi connectivity index (χ4n) is 4.51. The topological polar surface area (TPSA) is 97.5 Å². The van der Waals surface area contributed by atoms with Crippen molar-refractivity contribution in [3.05, 3.63) is 123 Å². The number of nitro groups is 1. The molecule has 1 N–H and O–H groups in total. The van der Waals surface area contributed by atoms with Crippen LogP contribution < -0.4 is 5.32 Å². The van der Waals surface area contributed by atoms with Gasteiger partial charge in [0.25, 0.3) is 11.6 Å². The fraction of sp³-hybridized carbons (Fsp3) is 0.133. The lowest BCUT2D eigenvalue weighted by molar-refractivity contribution is -0.384. The van der Waals surface area contributed by atoms with Crippen molar-refractivity contribution in [1.29, 1.82) is 0 Å². The van der Waals surface area contributed by atoms with Crippen molar-refractivity contribution < 1.29 is 14.5 Å². The van der Waals surface area contributed by atoms with Crippen molar-refractivity contribution >= 4 is 35.5 Å². The third-order valence-corrected chi connectivity index (χ3v) is 7.59. The van der Waals surface area contributed by atoms with E-state index in [-0.39, 0.29) is 23.8 Å². The monoisotopic (exact) mass is 538 g/mol. The van der Waals surface area contributed by atoms with E-state index in [1.54, 1.807) is 18.2 Å². The summed E-state index contributed by atoms with van der Waals surface area (Å²) in [4.78, 5) is 39.2. The van der Waals surface area contributed by atoms with Crippen LogP contribution in [0.1, 0.15) is 28.1 Å². The van der Waals surface area contributed by atoms with Crippen molar-refractivity contribution in [2.75, 3.05) is 0 Å². The molecule has 0 saturated carbocycles. The van der Waals surface area contributed by atoms with E-state index < -0.39 is 11.0 Å². The average Bonchev–Trinajstić information content (AvgIpc) is 3.34. The second-order valence-corrected chi connectivity index (χ2v) is 10.5. The van der Waals surface area contributed by atoms with E-state index >= 15 is 0 Å². The number of hydrogen-bond acceptors (Lipinski definition) is 5. The summed E-state index contributed by atoms with van der Waals surface area (Å²) in [6, 6.07) is 23.8. The molecular formula is C30H26N4O4S. The van der Waals surface area contributed by atoms with E-state index in [1.165, 1.54) is 28.8 Å². The van der Waals surface area contributed by atoms with E-state index in [1.807, 2.05) is 75.4 Å². The molecule has 3 amide bonds. The molecule has 1 fully saturated rings. The third-order valence-electron chi connectivity index (χ3n) is 6.57. The summed E-state index contributed by atoms with van der Waals surface area (Å²) < 4.78 is 2.10. The zero-order valence-electron chi connectivity index (χ0n) is 21.7. The number of rotatable bonds is 7. The van der Waals surface area contributed by atoms with Crippen LogP contribution in [0.4, 0.5) is 10.5 Å². The molecule has 9 heteroatoms. The van der Waals surface area contributed by atoms with Crippen molar-refractivity contribution in [3.63, 3.8) is 0 Å². The molecule has 8 nitrogen and oxygen atoms in total. The minimum Gasteiger partial charge on any atom is -0.318 e. The highest BCUT2D eigenvalue weighted by Crippen LogP contribution is 2.31. The Morgan fingerprint density at radius 2 is 1.51 bits per heavy atom. The van der Waals surface area contributed by atoms with Gasteiger partial charge in [0.15, 0.2) is 0 Å². The van der Waals surface area contributed by atoms with Gasteiger partial charge >= 0.3 is 6.03 Å².